The topological polar surface area (TPSA) is 122 Å². The van der Waals surface area contributed by atoms with E-state index in [1.54, 1.807) is 25.1 Å². The van der Waals surface area contributed by atoms with Gasteiger partial charge in [-0.15, -0.1) is 0 Å². The highest BCUT2D eigenvalue weighted by Crippen LogP contribution is 2.44. The normalized spacial score (nSPS) is 16.9. The number of nitrogens with two attached hydrogens (primary N) is 1. The summed E-state index contributed by atoms with van der Waals surface area (Å²) >= 11 is 0.843. The minimum Gasteiger partial charge on any atom is -0.463 e. The van der Waals surface area contributed by atoms with Crippen molar-refractivity contribution < 1.29 is 27.4 Å². The number of hydrogen-bond donors (Lipinski definition) is 1. The van der Waals surface area contributed by atoms with Gasteiger partial charge in [0, 0.05) is 5.69 Å². The van der Waals surface area contributed by atoms with Gasteiger partial charge in [-0.05, 0) is 48.8 Å². The number of thioether (sulfide) groups is 1. The molecule has 1 aromatic heterocycles. The molecule has 0 saturated carbocycles. The number of nitriles is 2. The van der Waals surface area contributed by atoms with Crippen LogP contribution in [0.1, 0.15) is 72.5 Å². The maximum Gasteiger partial charge on any atom is 0.418 e. The van der Waals surface area contributed by atoms with E-state index in [-0.39, 0.29) is 58.1 Å². The van der Waals surface area contributed by atoms with Gasteiger partial charge in [-0.2, -0.15) is 23.7 Å². The van der Waals surface area contributed by atoms with Crippen LogP contribution < -0.4 is 5.73 Å². The molecular weight excluding hydrogens is 541 g/mol. The molecule has 7 nitrogen and oxygen atoms in total. The number of allylic oxidation sites excluding steroid dienone is 1. The summed E-state index contributed by atoms with van der Waals surface area (Å²) in [6.45, 7) is 5.75. The Morgan fingerprint density at radius 1 is 1.23 bits per heavy atom. The van der Waals surface area contributed by atoms with Crippen LogP contribution in [0.4, 0.5) is 13.2 Å². The molecule has 2 aliphatic rings. The standard InChI is InChI=1S/C29H27F3N4O3S/c1-4-38-28(37)24-22(39-26(35)19(12-33)23(24)17-10-8-16(9-11-17)15(2)3)14-40-27-20(13-34)25(29(30,31)32)18-6-5-7-21(18)36-27/h8-11,15,23H,4-7,14,35H2,1-3H3. The van der Waals surface area contributed by atoms with Crippen molar-refractivity contribution in [1.29, 1.82) is 10.5 Å². The second kappa shape index (κ2) is 11.6. The van der Waals surface area contributed by atoms with Gasteiger partial charge < -0.3 is 15.2 Å². The van der Waals surface area contributed by atoms with E-state index in [1.165, 1.54) is 0 Å². The molecule has 0 saturated heterocycles. The molecule has 11 heteroatoms. The summed E-state index contributed by atoms with van der Waals surface area (Å²) in [5, 5.41) is 19.5. The zero-order valence-electron chi connectivity index (χ0n) is 22.2. The number of aromatic nitrogens is 1. The van der Waals surface area contributed by atoms with Gasteiger partial charge in [0.05, 0.1) is 35.0 Å². The quantitative estimate of drug-likeness (QED) is 0.319. The maximum atomic E-state index is 14.0. The SMILES string of the molecule is CCOC(=O)C1=C(CSc2nc3c(c(C(F)(F)F)c2C#N)CCC3)OC(N)=C(C#N)C1c1ccc(C(C)C)cc1. The monoisotopic (exact) mass is 568 g/mol. The van der Waals surface area contributed by atoms with Crippen molar-refractivity contribution in [3.63, 3.8) is 0 Å². The minimum atomic E-state index is -4.73. The highest BCUT2D eigenvalue weighted by atomic mass is 32.2. The molecule has 1 unspecified atom stereocenters. The number of alkyl halides is 3. The third kappa shape index (κ3) is 5.52. The highest BCUT2D eigenvalue weighted by molar-refractivity contribution is 7.99. The Hall–Kier alpha value is -3.96. The van der Waals surface area contributed by atoms with Gasteiger partial charge in [0.2, 0.25) is 5.88 Å². The van der Waals surface area contributed by atoms with Gasteiger partial charge in [-0.25, -0.2) is 9.78 Å². The molecule has 0 spiro atoms. The van der Waals surface area contributed by atoms with E-state index in [0.717, 1.165) is 17.3 Å². The molecule has 1 aromatic carbocycles. The number of carbonyl (C=O) groups is 1. The Labute approximate surface area is 234 Å². The van der Waals surface area contributed by atoms with Crippen LogP contribution in [-0.4, -0.2) is 23.3 Å². The van der Waals surface area contributed by atoms with Crippen LogP contribution in [0.2, 0.25) is 0 Å². The molecule has 4 rings (SSSR count). The number of benzene rings is 1. The Morgan fingerprint density at radius 3 is 2.50 bits per heavy atom. The van der Waals surface area contributed by atoms with E-state index in [1.807, 2.05) is 32.0 Å². The molecule has 0 bridgehead atoms. The summed E-state index contributed by atoms with van der Waals surface area (Å²) in [5.41, 5.74) is 6.67. The zero-order valence-corrected chi connectivity index (χ0v) is 23.0. The lowest BCUT2D eigenvalue weighted by molar-refractivity contribution is -0.139. The number of aryl methyl sites for hydroxylation is 1. The lowest BCUT2D eigenvalue weighted by Crippen LogP contribution is -2.27. The Morgan fingerprint density at radius 2 is 1.93 bits per heavy atom. The average Bonchev–Trinajstić information content (AvgIpc) is 3.38. The predicted molar refractivity (Wildman–Crippen MR) is 142 cm³/mol. The van der Waals surface area contributed by atoms with Crippen LogP contribution in [0.3, 0.4) is 0 Å². The summed E-state index contributed by atoms with van der Waals surface area (Å²) in [4.78, 5) is 17.6. The van der Waals surface area contributed by atoms with E-state index < -0.39 is 29.2 Å². The van der Waals surface area contributed by atoms with Gasteiger partial charge in [-0.3, -0.25) is 0 Å². The number of esters is 1. The van der Waals surface area contributed by atoms with Gasteiger partial charge >= 0.3 is 12.1 Å². The van der Waals surface area contributed by atoms with Gasteiger partial charge in [0.25, 0.3) is 0 Å². The number of nitrogens with zero attached hydrogens (tertiary/aromatic N) is 3. The molecule has 208 valence electrons. The van der Waals surface area contributed by atoms with Crippen molar-refractivity contribution in [3.8, 4) is 12.1 Å². The van der Waals surface area contributed by atoms with Crippen molar-refractivity contribution in [2.75, 3.05) is 12.4 Å². The van der Waals surface area contributed by atoms with Gasteiger partial charge in [-0.1, -0.05) is 49.9 Å². The van der Waals surface area contributed by atoms with Crippen molar-refractivity contribution >= 4 is 17.7 Å². The Balaban J connectivity index is 1.82. The number of ether oxygens (including phenoxy) is 2. The summed E-state index contributed by atoms with van der Waals surface area (Å²) < 4.78 is 53.1. The predicted octanol–water partition coefficient (Wildman–Crippen LogP) is 6.00. The molecular formula is C29H27F3N4O3S. The second-order valence-corrected chi connectivity index (χ2v) is 10.6. The number of fused-ring (bicyclic) bond motifs is 1. The molecule has 1 aliphatic carbocycles. The number of pyridine rings is 1. The smallest absolute Gasteiger partial charge is 0.418 e. The van der Waals surface area contributed by atoms with E-state index in [4.69, 9.17) is 15.2 Å². The molecule has 40 heavy (non-hydrogen) atoms. The largest absolute Gasteiger partial charge is 0.463 e. The van der Waals surface area contributed by atoms with Crippen molar-refractivity contribution in [1.82, 2.24) is 4.98 Å². The molecule has 0 fully saturated rings. The molecule has 0 amide bonds. The van der Waals surface area contributed by atoms with E-state index in [2.05, 4.69) is 4.98 Å². The third-order valence-corrected chi connectivity index (χ3v) is 7.83. The van der Waals surface area contributed by atoms with Crippen LogP contribution in [-0.2, 0) is 33.3 Å². The van der Waals surface area contributed by atoms with Gasteiger partial charge in [0.15, 0.2) is 0 Å². The molecule has 2 N–H and O–H groups in total. The minimum absolute atomic E-state index is 0.0156. The number of carbonyl (C=O) groups excluding carboxylic acids is 1. The van der Waals surface area contributed by atoms with Gasteiger partial charge in [0.1, 0.15) is 28.5 Å². The fourth-order valence-electron chi connectivity index (χ4n) is 4.98. The Kier molecular flexibility index (Phi) is 8.45. The first-order valence-electron chi connectivity index (χ1n) is 12.7. The van der Waals surface area contributed by atoms with Crippen LogP contribution in [0, 0.1) is 22.7 Å². The number of rotatable bonds is 7. The van der Waals surface area contributed by atoms with Crippen molar-refractivity contribution in [3.05, 3.63) is 80.6 Å². The Bertz CT molecular complexity index is 1480. The molecule has 1 atom stereocenters. The number of halogens is 3. The molecule has 0 radical (unpaired) electrons. The highest BCUT2D eigenvalue weighted by Gasteiger charge is 2.41. The average molecular weight is 569 g/mol. The van der Waals surface area contributed by atoms with Crippen LogP contribution in [0.15, 0.2) is 52.1 Å². The second-order valence-electron chi connectivity index (χ2n) is 9.65. The summed E-state index contributed by atoms with van der Waals surface area (Å²) in [6, 6.07) is 11.1. The summed E-state index contributed by atoms with van der Waals surface area (Å²) in [6.07, 6.45) is -3.63. The van der Waals surface area contributed by atoms with E-state index in [9.17, 15) is 28.5 Å². The third-order valence-electron chi connectivity index (χ3n) is 6.85. The number of hydrogen-bond acceptors (Lipinski definition) is 8. The first-order chi connectivity index (χ1) is 19.0. The van der Waals surface area contributed by atoms with Crippen molar-refractivity contribution in [2.24, 2.45) is 5.73 Å². The fraction of sp³-hybridized carbons (Fsp3) is 0.379. The summed E-state index contributed by atoms with van der Waals surface area (Å²) in [7, 11) is 0. The van der Waals surface area contributed by atoms with Crippen LogP contribution >= 0.6 is 11.8 Å². The summed E-state index contributed by atoms with van der Waals surface area (Å²) in [5.74, 6) is -1.77. The van der Waals surface area contributed by atoms with Crippen LogP contribution in [0.5, 0.6) is 0 Å². The fourth-order valence-corrected chi connectivity index (χ4v) is 5.93. The maximum absolute atomic E-state index is 14.0. The molecule has 1 aliphatic heterocycles. The molecule has 2 heterocycles. The van der Waals surface area contributed by atoms with E-state index >= 15 is 0 Å². The van der Waals surface area contributed by atoms with E-state index in [0.29, 0.717) is 24.1 Å². The lowest BCUT2D eigenvalue weighted by Gasteiger charge is -2.28. The first-order valence-corrected chi connectivity index (χ1v) is 13.7. The molecule has 2 aromatic rings. The lowest BCUT2D eigenvalue weighted by atomic mass is 9.82. The first kappa shape index (κ1) is 29.0. The van der Waals surface area contributed by atoms with Crippen LogP contribution in [0.25, 0.3) is 0 Å². The van der Waals surface area contributed by atoms with Crippen molar-refractivity contribution in [2.45, 2.75) is 63.1 Å². The zero-order chi connectivity index (χ0) is 29.2.